The summed E-state index contributed by atoms with van der Waals surface area (Å²) in [7, 11) is 2.20. The number of hydrogen-bond acceptors (Lipinski definition) is 1. The molecule has 0 aromatic carbocycles. The van der Waals surface area contributed by atoms with E-state index < -0.39 is 0 Å². The molecule has 0 aromatic rings. The Hall–Kier alpha value is -0.820. The molecule has 0 saturated carbocycles. The molecule has 0 unspecified atom stereocenters. The van der Waals surface area contributed by atoms with Crippen molar-refractivity contribution in [3.05, 3.63) is 36.5 Å². The van der Waals surface area contributed by atoms with Gasteiger partial charge in [-0.25, -0.2) is 0 Å². The third-order valence-corrected chi connectivity index (χ3v) is 2.41. The maximum Gasteiger partial charge on any atom is 0.00130 e. The summed E-state index contributed by atoms with van der Waals surface area (Å²) in [6.45, 7) is 2.39. The van der Waals surface area contributed by atoms with Crippen LogP contribution in [0.4, 0.5) is 0 Å². The Bertz CT molecular complexity index is 213. The van der Waals surface area contributed by atoms with E-state index in [4.69, 9.17) is 0 Å². The van der Waals surface area contributed by atoms with Gasteiger partial charge in [0.25, 0.3) is 0 Å². The molecule has 1 heteroatoms. The van der Waals surface area contributed by atoms with E-state index >= 15 is 0 Å². The lowest BCUT2D eigenvalue weighted by Crippen LogP contribution is -2.20. The highest BCUT2D eigenvalue weighted by molar-refractivity contribution is 5.05. The molecule has 0 bridgehead atoms. The highest BCUT2D eigenvalue weighted by atomic mass is 15.1. The summed E-state index contributed by atoms with van der Waals surface area (Å²) < 4.78 is 0. The van der Waals surface area contributed by atoms with E-state index in [0.29, 0.717) is 0 Å². The van der Waals surface area contributed by atoms with E-state index in [2.05, 4.69) is 48.4 Å². The Balaban J connectivity index is 2.37. The van der Waals surface area contributed by atoms with Crippen molar-refractivity contribution < 1.29 is 0 Å². The molecular weight excluding hydrogens is 170 g/mol. The van der Waals surface area contributed by atoms with Crippen molar-refractivity contribution in [2.45, 2.75) is 25.7 Å². The molecule has 78 valence electrons. The van der Waals surface area contributed by atoms with Gasteiger partial charge in [-0.1, -0.05) is 36.5 Å². The zero-order valence-electron chi connectivity index (χ0n) is 9.15. The van der Waals surface area contributed by atoms with Crippen molar-refractivity contribution >= 4 is 0 Å². The summed E-state index contributed by atoms with van der Waals surface area (Å²) in [6, 6.07) is 0. The zero-order chi connectivity index (χ0) is 10.1. The van der Waals surface area contributed by atoms with E-state index in [-0.39, 0.29) is 0 Å². The van der Waals surface area contributed by atoms with Gasteiger partial charge < -0.3 is 4.90 Å². The normalized spacial score (nSPS) is 28.1. The standard InChI is InChI=1S/C13H21N/c1-14-12-10-8-6-4-2-3-5-7-9-11-13-14/h2,4-8H,3,9-13H2,1H3/b4-2-,7-5+,8-6-. The summed E-state index contributed by atoms with van der Waals surface area (Å²) in [6.07, 6.45) is 18.0. The Morgan fingerprint density at radius 3 is 2.64 bits per heavy atom. The van der Waals surface area contributed by atoms with Gasteiger partial charge in [0.1, 0.15) is 0 Å². The van der Waals surface area contributed by atoms with Gasteiger partial charge in [0.2, 0.25) is 0 Å². The molecule has 0 spiro atoms. The quantitative estimate of drug-likeness (QED) is 0.532. The second-order valence-electron chi connectivity index (χ2n) is 3.80. The molecular formula is C13H21N. The second kappa shape index (κ2) is 7.57. The van der Waals surface area contributed by atoms with E-state index in [1.807, 2.05) is 0 Å². The smallest absolute Gasteiger partial charge is 0.00130 e. The molecule has 0 N–H and O–H groups in total. The molecule has 1 aliphatic rings. The van der Waals surface area contributed by atoms with Crippen molar-refractivity contribution in [3.8, 4) is 0 Å². The van der Waals surface area contributed by atoms with Crippen LogP contribution in [0, 0.1) is 0 Å². The minimum Gasteiger partial charge on any atom is -0.306 e. The largest absolute Gasteiger partial charge is 0.306 e. The molecule has 14 heavy (non-hydrogen) atoms. The lowest BCUT2D eigenvalue weighted by atomic mass is 10.2. The Morgan fingerprint density at radius 2 is 1.71 bits per heavy atom. The van der Waals surface area contributed by atoms with Gasteiger partial charge >= 0.3 is 0 Å². The first-order valence-corrected chi connectivity index (χ1v) is 5.55. The first-order valence-electron chi connectivity index (χ1n) is 5.55. The van der Waals surface area contributed by atoms with Crippen molar-refractivity contribution in [2.75, 3.05) is 20.1 Å². The van der Waals surface area contributed by atoms with Gasteiger partial charge in [-0.15, -0.1) is 0 Å². The van der Waals surface area contributed by atoms with Crippen LogP contribution in [0.25, 0.3) is 0 Å². The minimum atomic E-state index is 1.07. The molecule has 0 atom stereocenters. The van der Waals surface area contributed by atoms with Crippen molar-refractivity contribution in [1.29, 1.82) is 0 Å². The third kappa shape index (κ3) is 5.76. The number of nitrogens with zero attached hydrogens (tertiary/aromatic N) is 1. The molecule has 0 saturated heterocycles. The van der Waals surface area contributed by atoms with Crippen molar-refractivity contribution in [2.24, 2.45) is 0 Å². The monoisotopic (exact) mass is 191 g/mol. The molecule has 0 aliphatic carbocycles. The van der Waals surface area contributed by atoms with Gasteiger partial charge in [-0.2, -0.15) is 0 Å². The predicted octanol–water partition coefficient (Wildman–Crippen LogP) is 3.16. The lowest BCUT2D eigenvalue weighted by molar-refractivity contribution is 0.337. The summed E-state index contributed by atoms with van der Waals surface area (Å²) in [4.78, 5) is 2.40. The molecule has 0 fully saturated rings. The van der Waals surface area contributed by atoms with E-state index in [1.54, 1.807) is 0 Å². The van der Waals surface area contributed by atoms with Crippen LogP contribution in [0.1, 0.15) is 25.7 Å². The summed E-state index contributed by atoms with van der Waals surface area (Å²) in [5.41, 5.74) is 0. The molecule has 1 heterocycles. The fourth-order valence-corrected chi connectivity index (χ4v) is 1.51. The molecule has 1 rings (SSSR count). The molecule has 0 aromatic heterocycles. The molecule has 0 radical (unpaired) electrons. The van der Waals surface area contributed by atoms with E-state index in [0.717, 1.165) is 12.8 Å². The fraction of sp³-hybridized carbons (Fsp3) is 0.538. The van der Waals surface area contributed by atoms with E-state index in [9.17, 15) is 0 Å². The van der Waals surface area contributed by atoms with Crippen LogP contribution < -0.4 is 0 Å². The summed E-state index contributed by atoms with van der Waals surface area (Å²) >= 11 is 0. The first kappa shape index (κ1) is 11.3. The van der Waals surface area contributed by atoms with Crippen molar-refractivity contribution in [1.82, 2.24) is 4.90 Å². The highest BCUT2D eigenvalue weighted by Gasteiger charge is 1.94. The topological polar surface area (TPSA) is 3.24 Å². The molecule has 1 aliphatic heterocycles. The number of allylic oxidation sites excluding steroid dienone is 5. The Labute approximate surface area is 87.8 Å². The van der Waals surface area contributed by atoms with Crippen LogP contribution in [-0.2, 0) is 0 Å². The van der Waals surface area contributed by atoms with Gasteiger partial charge in [-0.05, 0) is 39.3 Å². The van der Waals surface area contributed by atoms with Crippen LogP contribution in [-0.4, -0.2) is 25.0 Å². The van der Waals surface area contributed by atoms with Crippen LogP contribution in [0.3, 0.4) is 0 Å². The van der Waals surface area contributed by atoms with Crippen molar-refractivity contribution in [3.63, 3.8) is 0 Å². The molecule has 0 amide bonds. The van der Waals surface area contributed by atoms with Crippen LogP contribution in [0.5, 0.6) is 0 Å². The van der Waals surface area contributed by atoms with Gasteiger partial charge in [-0.3, -0.25) is 0 Å². The molecule has 1 nitrogen and oxygen atoms in total. The second-order valence-corrected chi connectivity index (χ2v) is 3.80. The first-order chi connectivity index (χ1) is 6.89. The summed E-state index contributed by atoms with van der Waals surface area (Å²) in [5, 5.41) is 0. The van der Waals surface area contributed by atoms with E-state index in [1.165, 1.54) is 25.9 Å². The lowest BCUT2D eigenvalue weighted by Gasteiger charge is -2.14. The minimum absolute atomic E-state index is 1.07. The summed E-state index contributed by atoms with van der Waals surface area (Å²) in [5.74, 6) is 0. The number of rotatable bonds is 0. The Kier molecular flexibility index (Phi) is 6.09. The van der Waals surface area contributed by atoms with Crippen LogP contribution in [0.15, 0.2) is 36.5 Å². The van der Waals surface area contributed by atoms with Gasteiger partial charge in [0, 0.05) is 6.54 Å². The number of hydrogen-bond donors (Lipinski definition) is 0. The highest BCUT2D eigenvalue weighted by Crippen LogP contribution is 1.99. The maximum atomic E-state index is 2.40. The third-order valence-electron chi connectivity index (χ3n) is 2.41. The van der Waals surface area contributed by atoms with Crippen LogP contribution in [0.2, 0.25) is 0 Å². The fourth-order valence-electron chi connectivity index (χ4n) is 1.51. The average Bonchev–Trinajstić information content (AvgIpc) is 2.20. The SMILES string of the molecule is CN1CC/C=C\C=C/C/C=C/CCC1. The van der Waals surface area contributed by atoms with Gasteiger partial charge in [0.05, 0.1) is 0 Å². The van der Waals surface area contributed by atoms with Gasteiger partial charge in [0.15, 0.2) is 0 Å². The Morgan fingerprint density at radius 1 is 0.857 bits per heavy atom. The average molecular weight is 191 g/mol. The maximum absolute atomic E-state index is 2.40. The predicted molar refractivity (Wildman–Crippen MR) is 63.4 cm³/mol. The van der Waals surface area contributed by atoms with Crippen LogP contribution >= 0.6 is 0 Å². The zero-order valence-corrected chi connectivity index (χ0v) is 9.15.